The summed E-state index contributed by atoms with van der Waals surface area (Å²) >= 11 is 0.750. The zero-order chi connectivity index (χ0) is 12.2. The molecule has 0 spiro atoms. The van der Waals surface area contributed by atoms with Crippen LogP contribution in [0.2, 0.25) is 0 Å². The molecule has 0 aliphatic heterocycles. The molecule has 0 aromatic carbocycles. The number of hydrogen-bond acceptors (Lipinski definition) is 5. The fourth-order valence-corrected chi connectivity index (χ4v) is 2.87. The van der Waals surface area contributed by atoms with Crippen LogP contribution in [-0.2, 0) is 41.4 Å². The van der Waals surface area contributed by atoms with Crippen LogP contribution < -0.4 is 0 Å². The van der Waals surface area contributed by atoms with Gasteiger partial charge in [0.2, 0.25) is 0 Å². The van der Waals surface area contributed by atoms with Crippen molar-refractivity contribution in [1.29, 1.82) is 0 Å². The first-order valence-corrected chi connectivity index (χ1v) is 7.27. The van der Waals surface area contributed by atoms with Gasteiger partial charge in [-0.1, -0.05) is 0 Å². The average molecular weight is 272 g/mol. The Labute approximate surface area is 105 Å². The van der Waals surface area contributed by atoms with Crippen molar-refractivity contribution in [2.75, 3.05) is 26.4 Å². The van der Waals surface area contributed by atoms with Gasteiger partial charge < -0.3 is 17.7 Å². The molecule has 0 amide bonds. The normalized spacial score (nSPS) is 10.6. The Balaban J connectivity index is 0. The SMILES string of the molecule is CCO[Si](OCC)(OCC)OCC.[O]=[Ti]. The molecule has 0 N–H and O–H groups in total. The van der Waals surface area contributed by atoms with Crippen LogP contribution in [0.15, 0.2) is 0 Å². The summed E-state index contributed by atoms with van der Waals surface area (Å²) in [5.74, 6) is 0. The molecule has 0 aromatic rings. The molecule has 0 saturated heterocycles. The van der Waals surface area contributed by atoms with Gasteiger partial charge in [0.15, 0.2) is 0 Å². The molecule has 0 aromatic heterocycles. The average Bonchev–Trinajstić information content (AvgIpc) is 2.22. The van der Waals surface area contributed by atoms with E-state index in [1.165, 1.54) is 0 Å². The summed E-state index contributed by atoms with van der Waals surface area (Å²) in [6, 6.07) is 0. The maximum atomic E-state index is 8.25. The molecule has 15 heavy (non-hydrogen) atoms. The van der Waals surface area contributed by atoms with E-state index in [4.69, 9.17) is 21.0 Å². The van der Waals surface area contributed by atoms with Gasteiger partial charge in [-0.25, -0.2) is 0 Å². The molecule has 0 rings (SSSR count). The predicted octanol–water partition coefficient (Wildman–Crippen LogP) is 1.45. The molecule has 0 atom stereocenters. The van der Waals surface area contributed by atoms with E-state index in [1.807, 2.05) is 27.7 Å². The van der Waals surface area contributed by atoms with E-state index in [-0.39, 0.29) is 0 Å². The topological polar surface area (TPSA) is 54.0 Å². The van der Waals surface area contributed by atoms with Crippen LogP contribution >= 0.6 is 0 Å². The molecule has 0 aliphatic carbocycles. The Morgan fingerprint density at radius 1 is 0.733 bits per heavy atom. The van der Waals surface area contributed by atoms with Gasteiger partial charge in [-0.3, -0.25) is 0 Å². The molecule has 0 unspecified atom stereocenters. The minimum atomic E-state index is -2.80. The van der Waals surface area contributed by atoms with Gasteiger partial charge in [-0.15, -0.1) is 0 Å². The van der Waals surface area contributed by atoms with Gasteiger partial charge in [-0.2, -0.15) is 0 Å². The van der Waals surface area contributed by atoms with Crippen LogP contribution in [0.5, 0.6) is 0 Å². The van der Waals surface area contributed by atoms with E-state index in [2.05, 4.69) is 0 Å². The standard InChI is InChI=1S/C8H20O4Si.O.Ti/c1-5-9-13(10-6-2,11-7-3)12-8-4;;/h5-8H2,1-4H3;;. The van der Waals surface area contributed by atoms with Crippen LogP contribution in [-0.4, -0.2) is 35.5 Å². The third kappa shape index (κ3) is 8.39. The first kappa shape index (κ1) is 18.0. The fourth-order valence-electron chi connectivity index (χ4n) is 0.957. The third-order valence-electron chi connectivity index (χ3n) is 1.28. The molecule has 0 heterocycles. The van der Waals surface area contributed by atoms with Crippen molar-refractivity contribution >= 4 is 9.05 Å². The van der Waals surface area contributed by atoms with Crippen LogP contribution in [0.3, 0.4) is 0 Å². The van der Waals surface area contributed by atoms with Gasteiger partial charge in [0.1, 0.15) is 0 Å². The van der Waals surface area contributed by atoms with Crippen LogP contribution in [0.25, 0.3) is 0 Å². The summed E-state index contributed by atoms with van der Waals surface area (Å²) in [5, 5.41) is 0. The molecule has 0 fully saturated rings. The molecule has 0 saturated carbocycles. The van der Waals surface area contributed by atoms with Crippen molar-refractivity contribution < 1.29 is 41.4 Å². The summed E-state index contributed by atoms with van der Waals surface area (Å²) in [5.41, 5.74) is 0. The Morgan fingerprint density at radius 3 is 1.07 bits per heavy atom. The van der Waals surface area contributed by atoms with Crippen molar-refractivity contribution in [3.05, 3.63) is 0 Å². The molecule has 5 nitrogen and oxygen atoms in total. The molecule has 90 valence electrons. The van der Waals surface area contributed by atoms with Crippen molar-refractivity contribution in [1.82, 2.24) is 0 Å². The zero-order valence-corrected chi connectivity index (χ0v) is 12.4. The third-order valence-corrected chi connectivity index (χ3v) is 3.85. The van der Waals surface area contributed by atoms with Gasteiger partial charge in [0.05, 0.1) is 0 Å². The van der Waals surface area contributed by atoms with Gasteiger partial charge >= 0.3 is 32.8 Å². The van der Waals surface area contributed by atoms with E-state index in [0.717, 1.165) is 20.4 Å². The van der Waals surface area contributed by atoms with E-state index in [0.29, 0.717) is 26.4 Å². The molecule has 7 heteroatoms. The summed E-state index contributed by atoms with van der Waals surface area (Å²) in [4.78, 5) is 0. The molecule has 0 bridgehead atoms. The Hall–Kier alpha value is 0.571. The van der Waals surface area contributed by atoms with Gasteiger partial charge in [-0.05, 0) is 27.7 Å². The summed E-state index contributed by atoms with van der Waals surface area (Å²) in [7, 11) is -2.80. The summed E-state index contributed by atoms with van der Waals surface area (Å²) < 4.78 is 29.9. The van der Waals surface area contributed by atoms with Gasteiger partial charge in [0.25, 0.3) is 0 Å². The first-order valence-electron chi connectivity index (χ1n) is 5.00. The predicted molar refractivity (Wildman–Crippen MR) is 52.9 cm³/mol. The molecule has 0 radical (unpaired) electrons. The second kappa shape index (κ2) is 12.6. The second-order valence-electron chi connectivity index (χ2n) is 2.23. The monoisotopic (exact) mass is 272 g/mol. The van der Waals surface area contributed by atoms with Gasteiger partial charge in [0, 0.05) is 26.4 Å². The second-order valence-corrected chi connectivity index (χ2v) is 4.39. The molecular weight excluding hydrogens is 252 g/mol. The van der Waals surface area contributed by atoms with Crippen molar-refractivity contribution in [2.45, 2.75) is 27.7 Å². The van der Waals surface area contributed by atoms with Crippen LogP contribution in [0.4, 0.5) is 0 Å². The fraction of sp³-hybridized carbons (Fsp3) is 1.00. The Kier molecular flexibility index (Phi) is 15.1. The van der Waals surface area contributed by atoms with E-state index < -0.39 is 9.05 Å². The maximum absolute atomic E-state index is 8.25. The van der Waals surface area contributed by atoms with E-state index >= 15 is 0 Å². The summed E-state index contributed by atoms with van der Waals surface area (Å²) in [6.07, 6.45) is 0. The van der Waals surface area contributed by atoms with Crippen LogP contribution in [0, 0.1) is 0 Å². The zero-order valence-electron chi connectivity index (χ0n) is 9.87. The molecule has 0 aliphatic rings. The van der Waals surface area contributed by atoms with Crippen molar-refractivity contribution in [2.24, 2.45) is 0 Å². The van der Waals surface area contributed by atoms with E-state index in [9.17, 15) is 0 Å². The van der Waals surface area contributed by atoms with E-state index in [1.54, 1.807) is 0 Å². The van der Waals surface area contributed by atoms with Crippen LogP contribution in [0.1, 0.15) is 27.7 Å². The molecular formula is C8H20O5SiTi. The number of rotatable bonds is 8. The number of hydrogen-bond donors (Lipinski definition) is 0. The van der Waals surface area contributed by atoms with Crippen molar-refractivity contribution in [3.63, 3.8) is 0 Å². The minimum absolute atomic E-state index is 0.548. The van der Waals surface area contributed by atoms with Crippen molar-refractivity contribution in [3.8, 4) is 0 Å². The summed E-state index contributed by atoms with van der Waals surface area (Å²) in [6.45, 7) is 9.80. The first-order chi connectivity index (χ1) is 7.24. The quantitative estimate of drug-likeness (QED) is 0.626. The Bertz CT molecular complexity index is 109. The Morgan fingerprint density at radius 2 is 0.933 bits per heavy atom.